The molecule has 0 radical (unpaired) electrons. The molecule has 1 saturated heterocycles. The van der Waals surface area contributed by atoms with E-state index in [1.807, 2.05) is 41.9 Å². The van der Waals surface area contributed by atoms with Gasteiger partial charge >= 0.3 is 0 Å². The van der Waals surface area contributed by atoms with Gasteiger partial charge in [0.05, 0.1) is 18.3 Å². The molecule has 0 spiro atoms. The monoisotopic (exact) mass is 354 g/mol. The maximum atomic E-state index is 5.05. The Hall–Kier alpha value is -2.65. The molecule has 9 heteroatoms. The zero-order valence-corrected chi connectivity index (χ0v) is 15.0. The van der Waals surface area contributed by atoms with E-state index in [-0.39, 0.29) is 6.04 Å². The highest BCUT2D eigenvalue weighted by Crippen LogP contribution is 2.21. The van der Waals surface area contributed by atoms with Crippen LogP contribution in [0.3, 0.4) is 0 Å². The summed E-state index contributed by atoms with van der Waals surface area (Å²) in [4.78, 5) is 9.03. The number of piperazine rings is 1. The van der Waals surface area contributed by atoms with Crippen LogP contribution >= 0.6 is 0 Å². The minimum atomic E-state index is 0.139. The zero-order valence-electron chi connectivity index (χ0n) is 15.0. The molecule has 1 aliphatic heterocycles. The first-order chi connectivity index (χ1) is 12.7. The molecule has 0 N–H and O–H groups in total. The van der Waals surface area contributed by atoms with Gasteiger partial charge in [-0.15, -0.1) is 5.10 Å². The van der Waals surface area contributed by atoms with Crippen LogP contribution in [0, 0.1) is 6.92 Å². The lowest BCUT2D eigenvalue weighted by atomic mass is 10.2. The number of tetrazole rings is 1. The summed E-state index contributed by atoms with van der Waals surface area (Å²) in [6.07, 6.45) is 0. The molecule has 26 heavy (non-hydrogen) atoms. The third-order valence-electron chi connectivity index (χ3n) is 4.76. The summed E-state index contributed by atoms with van der Waals surface area (Å²) in [5.74, 6) is 2.22. The summed E-state index contributed by atoms with van der Waals surface area (Å²) in [6.45, 7) is 8.48. The lowest BCUT2D eigenvalue weighted by Gasteiger charge is -2.36. The van der Waals surface area contributed by atoms with Crippen LogP contribution in [0.1, 0.15) is 30.5 Å². The number of aromatic nitrogens is 6. The van der Waals surface area contributed by atoms with E-state index in [1.54, 1.807) is 0 Å². The van der Waals surface area contributed by atoms with E-state index in [2.05, 4.69) is 42.4 Å². The first-order valence-electron chi connectivity index (χ1n) is 8.80. The number of para-hydroxylation sites is 1. The number of nitrogens with zero attached hydrogens (tertiary/aromatic N) is 8. The molecule has 0 aliphatic carbocycles. The molecule has 1 fully saturated rings. The molecular formula is C17H22N8O. The summed E-state index contributed by atoms with van der Waals surface area (Å²) in [5.41, 5.74) is 0.977. The Morgan fingerprint density at radius 2 is 1.88 bits per heavy atom. The normalized spacial score (nSPS) is 17.5. The average molecular weight is 354 g/mol. The third-order valence-corrected chi connectivity index (χ3v) is 4.76. The Kier molecular flexibility index (Phi) is 4.72. The van der Waals surface area contributed by atoms with Crippen LogP contribution in [0.5, 0.6) is 0 Å². The highest BCUT2D eigenvalue weighted by atomic mass is 16.5. The van der Waals surface area contributed by atoms with Crippen LogP contribution in [0.2, 0.25) is 0 Å². The Morgan fingerprint density at radius 3 is 2.58 bits per heavy atom. The second-order valence-electron chi connectivity index (χ2n) is 6.50. The van der Waals surface area contributed by atoms with Gasteiger partial charge in [-0.3, -0.25) is 9.80 Å². The molecular weight excluding hydrogens is 332 g/mol. The fourth-order valence-electron chi connectivity index (χ4n) is 3.29. The van der Waals surface area contributed by atoms with Crippen molar-refractivity contribution in [3.63, 3.8) is 0 Å². The van der Waals surface area contributed by atoms with E-state index < -0.39 is 0 Å². The number of rotatable bonds is 5. The molecule has 9 nitrogen and oxygen atoms in total. The van der Waals surface area contributed by atoms with Crippen molar-refractivity contribution in [1.82, 2.24) is 40.1 Å². The van der Waals surface area contributed by atoms with E-state index in [4.69, 9.17) is 4.52 Å². The maximum Gasteiger partial charge on any atom is 0.223 e. The van der Waals surface area contributed by atoms with E-state index in [0.717, 1.165) is 50.1 Å². The van der Waals surface area contributed by atoms with Gasteiger partial charge in [0, 0.05) is 33.1 Å². The highest BCUT2D eigenvalue weighted by molar-refractivity contribution is 5.30. The molecule has 0 saturated carbocycles. The summed E-state index contributed by atoms with van der Waals surface area (Å²) in [7, 11) is 0. The van der Waals surface area contributed by atoms with Crippen LogP contribution in [0.25, 0.3) is 5.69 Å². The lowest BCUT2D eigenvalue weighted by Crippen LogP contribution is -2.47. The molecule has 136 valence electrons. The molecule has 0 amide bonds. The predicted molar refractivity (Wildman–Crippen MR) is 93.5 cm³/mol. The molecule has 0 unspecified atom stereocenters. The predicted octanol–water partition coefficient (Wildman–Crippen LogP) is 1.23. The molecule has 1 aliphatic rings. The van der Waals surface area contributed by atoms with Gasteiger partial charge in [-0.1, -0.05) is 23.4 Å². The SMILES string of the molecule is Cc1nc(CN2CCN([C@@H](C)c3nnnn3-c3ccccc3)CC2)no1. The van der Waals surface area contributed by atoms with Gasteiger partial charge in [-0.2, -0.15) is 9.67 Å². The lowest BCUT2D eigenvalue weighted by molar-refractivity contribution is 0.0918. The maximum absolute atomic E-state index is 5.05. The van der Waals surface area contributed by atoms with Crippen molar-refractivity contribution >= 4 is 0 Å². The number of hydrogen-bond acceptors (Lipinski definition) is 8. The molecule has 3 aromatic rings. The van der Waals surface area contributed by atoms with Gasteiger partial charge in [-0.25, -0.2) is 0 Å². The van der Waals surface area contributed by atoms with E-state index in [0.29, 0.717) is 5.89 Å². The highest BCUT2D eigenvalue weighted by Gasteiger charge is 2.26. The van der Waals surface area contributed by atoms with Crippen LogP contribution in [0.15, 0.2) is 34.9 Å². The van der Waals surface area contributed by atoms with E-state index in [1.165, 1.54) is 0 Å². The Morgan fingerprint density at radius 1 is 1.12 bits per heavy atom. The Balaban J connectivity index is 1.40. The van der Waals surface area contributed by atoms with Crippen molar-refractivity contribution in [1.29, 1.82) is 0 Å². The quantitative estimate of drug-likeness (QED) is 0.676. The van der Waals surface area contributed by atoms with Crippen molar-refractivity contribution in [2.24, 2.45) is 0 Å². The zero-order chi connectivity index (χ0) is 17.9. The topological polar surface area (TPSA) is 89.0 Å². The third kappa shape index (κ3) is 3.49. The Bertz CT molecular complexity index is 837. The number of benzene rings is 1. The van der Waals surface area contributed by atoms with E-state index in [9.17, 15) is 0 Å². The number of aryl methyl sites for hydroxylation is 1. The second-order valence-corrected chi connectivity index (χ2v) is 6.50. The van der Waals surface area contributed by atoms with E-state index >= 15 is 0 Å². The minimum Gasteiger partial charge on any atom is -0.340 e. The first kappa shape index (κ1) is 16.8. The molecule has 4 rings (SSSR count). The van der Waals surface area contributed by atoms with Gasteiger partial charge in [0.15, 0.2) is 11.6 Å². The molecule has 2 aromatic heterocycles. The first-order valence-corrected chi connectivity index (χ1v) is 8.80. The molecule has 1 atom stereocenters. The number of hydrogen-bond donors (Lipinski definition) is 0. The fraction of sp³-hybridized carbons (Fsp3) is 0.471. The van der Waals surface area contributed by atoms with Crippen molar-refractivity contribution in [2.45, 2.75) is 26.4 Å². The van der Waals surface area contributed by atoms with Crippen molar-refractivity contribution in [3.05, 3.63) is 47.9 Å². The van der Waals surface area contributed by atoms with Crippen molar-refractivity contribution < 1.29 is 4.52 Å². The van der Waals surface area contributed by atoms with Gasteiger partial charge < -0.3 is 4.52 Å². The fourth-order valence-corrected chi connectivity index (χ4v) is 3.29. The Labute approximate surface area is 151 Å². The minimum absolute atomic E-state index is 0.139. The van der Waals surface area contributed by atoms with Crippen molar-refractivity contribution in [2.75, 3.05) is 26.2 Å². The largest absolute Gasteiger partial charge is 0.340 e. The van der Waals surface area contributed by atoms with Crippen molar-refractivity contribution in [3.8, 4) is 5.69 Å². The summed E-state index contributed by atoms with van der Waals surface area (Å²) in [5, 5.41) is 16.3. The van der Waals surface area contributed by atoms with Gasteiger partial charge in [-0.05, 0) is 29.5 Å². The smallest absolute Gasteiger partial charge is 0.223 e. The standard InChI is InChI=1S/C17H22N8O/c1-13(17-19-21-22-25(17)15-6-4-3-5-7-15)24-10-8-23(9-11-24)12-16-18-14(2)26-20-16/h3-7,13H,8-12H2,1-2H3/t13-/m0/s1. The second kappa shape index (κ2) is 7.30. The van der Waals surface area contributed by atoms with Gasteiger partial charge in [0.1, 0.15) is 0 Å². The van der Waals surface area contributed by atoms with Gasteiger partial charge in [0.2, 0.25) is 5.89 Å². The average Bonchev–Trinajstić information content (AvgIpc) is 3.32. The molecule has 3 heterocycles. The van der Waals surface area contributed by atoms with Gasteiger partial charge in [0.25, 0.3) is 0 Å². The molecule has 1 aromatic carbocycles. The van der Waals surface area contributed by atoms with Crippen LogP contribution < -0.4 is 0 Å². The van der Waals surface area contributed by atoms with Crippen LogP contribution in [0.4, 0.5) is 0 Å². The molecule has 0 bridgehead atoms. The summed E-state index contributed by atoms with van der Waals surface area (Å²) >= 11 is 0. The summed E-state index contributed by atoms with van der Waals surface area (Å²) < 4.78 is 6.87. The van der Waals surface area contributed by atoms with Crippen LogP contribution in [-0.4, -0.2) is 66.3 Å². The summed E-state index contributed by atoms with van der Waals surface area (Å²) in [6, 6.07) is 10.1. The van der Waals surface area contributed by atoms with Crippen LogP contribution in [-0.2, 0) is 6.54 Å².